The molecule has 0 spiro atoms. The summed E-state index contributed by atoms with van der Waals surface area (Å²) >= 11 is 0. The van der Waals surface area contributed by atoms with Crippen LogP contribution in [0.15, 0.2) is 59.7 Å². The molecule has 0 unspecified atom stereocenters. The van der Waals surface area contributed by atoms with Crippen molar-refractivity contribution in [3.63, 3.8) is 0 Å². The Hall–Kier alpha value is -3.48. The smallest absolute Gasteiger partial charge is 0.278 e. The topological polar surface area (TPSA) is 60.1 Å². The molecule has 2 aromatic carbocycles. The highest BCUT2D eigenvalue weighted by molar-refractivity contribution is 6.06. The molecule has 4 aromatic rings. The molecule has 6 nitrogen and oxygen atoms in total. The molecule has 0 saturated carbocycles. The van der Waals surface area contributed by atoms with E-state index in [9.17, 15) is 14.0 Å². The summed E-state index contributed by atoms with van der Waals surface area (Å²) in [6, 6.07) is 14.0. The van der Waals surface area contributed by atoms with E-state index in [0.29, 0.717) is 34.4 Å². The zero-order valence-electron chi connectivity index (χ0n) is 18.0. The number of amides is 1. The number of piperidine rings is 1. The average molecular weight is 432 g/mol. The van der Waals surface area contributed by atoms with Gasteiger partial charge in [0.1, 0.15) is 23.4 Å². The van der Waals surface area contributed by atoms with Crippen molar-refractivity contribution < 1.29 is 9.18 Å². The molecular weight excluding hydrogens is 407 g/mol. The van der Waals surface area contributed by atoms with E-state index in [1.807, 2.05) is 35.2 Å². The van der Waals surface area contributed by atoms with Gasteiger partial charge in [-0.1, -0.05) is 37.3 Å². The molecule has 0 bridgehead atoms. The third-order valence-corrected chi connectivity index (χ3v) is 6.29. The van der Waals surface area contributed by atoms with E-state index in [0.717, 1.165) is 31.5 Å². The molecule has 1 aliphatic heterocycles. The highest BCUT2D eigenvalue weighted by Gasteiger charge is 2.24. The van der Waals surface area contributed by atoms with E-state index in [2.05, 4.69) is 11.9 Å². The number of rotatable bonds is 4. The largest absolute Gasteiger partial charge is 0.341 e. The van der Waals surface area contributed by atoms with Crippen LogP contribution in [0.2, 0.25) is 0 Å². The number of fused-ring (bicyclic) bond motifs is 3. The minimum absolute atomic E-state index is 0.0301. The second-order valence-electron chi connectivity index (χ2n) is 8.70. The number of benzene rings is 2. The van der Waals surface area contributed by atoms with E-state index >= 15 is 0 Å². The van der Waals surface area contributed by atoms with Gasteiger partial charge in [0.05, 0.1) is 18.4 Å². The van der Waals surface area contributed by atoms with Gasteiger partial charge in [-0.2, -0.15) is 0 Å². The van der Waals surface area contributed by atoms with Gasteiger partial charge in [-0.3, -0.25) is 14.2 Å². The van der Waals surface area contributed by atoms with Crippen molar-refractivity contribution in [2.45, 2.75) is 32.9 Å². The van der Waals surface area contributed by atoms with Gasteiger partial charge in [0.2, 0.25) is 5.91 Å². The van der Waals surface area contributed by atoms with E-state index in [1.165, 1.54) is 23.0 Å². The summed E-state index contributed by atoms with van der Waals surface area (Å²) in [4.78, 5) is 33.0. The Morgan fingerprint density at radius 2 is 2.00 bits per heavy atom. The van der Waals surface area contributed by atoms with Crippen molar-refractivity contribution in [3.05, 3.63) is 76.6 Å². The molecule has 164 valence electrons. The fourth-order valence-electron chi connectivity index (χ4n) is 4.68. The Morgan fingerprint density at radius 3 is 2.78 bits per heavy atom. The average Bonchev–Trinajstić information content (AvgIpc) is 3.09. The number of halogens is 1. The highest BCUT2D eigenvalue weighted by Crippen LogP contribution is 2.27. The van der Waals surface area contributed by atoms with Gasteiger partial charge in [-0.05, 0) is 42.5 Å². The zero-order valence-corrected chi connectivity index (χ0v) is 18.0. The number of carbonyl (C=O) groups is 1. The van der Waals surface area contributed by atoms with Gasteiger partial charge in [-0.15, -0.1) is 0 Å². The van der Waals surface area contributed by atoms with E-state index < -0.39 is 5.82 Å². The van der Waals surface area contributed by atoms with E-state index in [1.54, 1.807) is 10.6 Å². The first-order valence-corrected chi connectivity index (χ1v) is 11.0. The number of likely N-dealkylation sites (tertiary alicyclic amines) is 1. The zero-order chi connectivity index (χ0) is 22.2. The van der Waals surface area contributed by atoms with Gasteiger partial charge >= 0.3 is 0 Å². The number of aromatic nitrogens is 3. The van der Waals surface area contributed by atoms with Gasteiger partial charge < -0.3 is 9.47 Å². The first-order chi connectivity index (χ1) is 15.5. The van der Waals surface area contributed by atoms with Crippen LogP contribution in [0.4, 0.5) is 4.39 Å². The van der Waals surface area contributed by atoms with Crippen LogP contribution >= 0.6 is 0 Å². The molecule has 7 heteroatoms. The first kappa shape index (κ1) is 20.4. The fourth-order valence-corrected chi connectivity index (χ4v) is 4.68. The van der Waals surface area contributed by atoms with Crippen molar-refractivity contribution >= 4 is 27.8 Å². The molecule has 1 saturated heterocycles. The molecular formula is C25H25FN4O2. The van der Waals surface area contributed by atoms with Crippen LogP contribution in [0.1, 0.15) is 25.3 Å². The fraction of sp³-hybridized carbons (Fsp3) is 0.320. The summed E-state index contributed by atoms with van der Waals surface area (Å²) in [6.07, 6.45) is 3.60. The summed E-state index contributed by atoms with van der Waals surface area (Å²) in [6.45, 7) is 4.00. The number of hydrogen-bond donors (Lipinski definition) is 0. The van der Waals surface area contributed by atoms with Crippen LogP contribution in [0.25, 0.3) is 21.9 Å². The molecule has 32 heavy (non-hydrogen) atoms. The second-order valence-corrected chi connectivity index (χ2v) is 8.70. The minimum atomic E-state index is -0.400. The molecule has 1 fully saturated rings. The number of nitrogens with zero attached hydrogens (tertiary/aromatic N) is 4. The second kappa shape index (κ2) is 8.22. The summed E-state index contributed by atoms with van der Waals surface area (Å²) in [5, 5.41) is 0.545. The molecule has 3 heterocycles. The van der Waals surface area contributed by atoms with Crippen molar-refractivity contribution in [1.29, 1.82) is 0 Å². The lowest BCUT2D eigenvalue weighted by molar-refractivity contribution is -0.133. The lowest BCUT2D eigenvalue weighted by atomic mass is 10.0. The van der Waals surface area contributed by atoms with Crippen molar-refractivity contribution in [3.8, 4) is 0 Å². The van der Waals surface area contributed by atoms with Gasteiger partial charge in [0.25, 0.3) is 5.56 Å². The summed E-state index contributed by atoms with van der Waals surface area (Å²) in [5.74, 6) is 0.0326. The normalized spacial score (nSPS) is 16.7. The van der Waals surface area contributed by atoms with Crippen LogP contribution in [-0.4, -0.2) is 38.0 Å². The minimum Gasteiger partial charge on any atom is -0.341 e. The highest BCUT2D eigenvalue weighted by atomic mass is 19.1. The van der Waals surface area contributed by atoms with Crippen molar-refractivity contribution in [2.24, 2.45) is 5.92 Å². The predicted octanol–water partition coefficient (Wildman–Crippen LogP) is 3.80. The summed E-state index contributed by atoms with van der Waals surface area (Å²) < 4.78 is 17.3. The van der Waals surface area contributed by atoms with Crippen LogP contribution in [-0.2, 0) is 17.9 Å². The van der Waals surface area contributed by atoms with Gasteiger partial charge in [0, 0.05) is 18.5 Å². The number of carbonyl (C=O) groups excluding carboxylic acids is 1. The standard InChI is InChI=1S/C25H25FN4O2/c1-17-6-5-11-28(13-17)22(31)15-30-21-10-9-19(26)12-20(21)23-24(30)25(32)29(16-27-23)14-18-7-3-2-4-8-18/h2-4,7-10,12,16-17H,5-6,11,13-15H2,1H3/t17-/m0/s1. The molecule has 1 amide bonds. The van der Waals surface area contributed by atoms with Crippen molar-refractivity contribution in [2.75, 3.05) is 13.1 Å². The Bertz CT molecular complexity index is 1360. The molecule has 0 N–H and O–H groups in total. The molecule has 0 aliphatic carbocycles. The van der Waals surface area contributed by atoms with Crippen LogP contribution < -0.4 is 5.56 Å². The lowest BCUT2D eigenvalue weighted by Gasteiger charge is -2.31. The SMILES string of the molecule is C[C@H]1CCCN(C(=O)Cn2c3ccc(F)cc3c3ncn(Cc4ccccc4)c(=O)c32)C1. The maximum Gasteiger partial charge on any atom is 0.278 e. The molecule has 1 atom stereocenters. The molecule has 1 aliphatic rings. The van der Waals surface area contributed by atoms with E-state index in [-0.39, 0.29) is 18.0 Å². The molecule has 5 rings (SSSR count). The Balaban J connectivity index is 1.62. The van der Waals surface area contributed by atoms with Crippen LogP contribution in [0.3, 0.4) is 0 Å². The first-order valence-electron chi connectivity index (χ1n) is 11.0. The summed E-state index contributed by atoms with van der Waals surface area (Å²) in [7, 11) is 0. The third kappa shape index (κ3) is 3.68. The quantitative estimate of drug-likeness (QED) is 0.493. The lowest BCUT2D eigenvalue weighted by Crippen LogP contribution is -2.41. The van der Waals surface area contributed by atoms with Crippen molar-refractivity contribution in [1.82, 2.24) is 19.0 Å². The van der Waals surface area contributed by atoms with E-state index in [4.69, 9.17) is 0 Å². The third-order valence-electron chi connectivity index (χ3n) is 6.29. The van der Waals surface area contributed by atoms with Crippen LogP contribution in [0.5, 0.6) is 0 Å². The van der Waals surface area contributed by atoms with Gasteiger partial charge in [0.15, 0.2) is 0 Å². The maximum atomic E-state index is 14.0. The summed E-state index contributed by atoms with van der Waals surface area (Å²) in [5.41, 5.74) is 2.14. The van der Waals surface area contributed by atoms with Gasteiger partial charge in [-0.25, -0.2) is 9.37 Å². The van der Waals surface area contributed by atoms with Crippen LogP contribution in [0, 0.1) is 11.7 Å². The number of hydrogen-bond acceptors (Lipinski definition) is 3. The maximum absolute atomic E-state index is 14.0. The monoisotopic (exact) mass is 432 g/mol. The Labute approximate surface area is 184 Å². The molecule has 0 radical (unpaired) electrons. The Morgan fingerprint density at radius 1 is 1.19 bits per heavy atom. The Kier molecular flexibility index (Phi) is 5.25. The molecule has 2 aromatic heterocycles. The predicted molar refractivity (Wildman–Crippen MR) is 122 cm³/mol.